The van der Waals surface area contributed by atoms with Gasteiger partial charge in [0, 0.05) is 24.8 Å². The number of benzene rings is 2. The third-order valence-electron chi connectivity index (χ3n) is 3.84. The van der Waals surface area contributed by atoms with Crippen LogP contribution in [0.4, 0.5) is 5.69 Å². The molecule has 0 unspecified atom stereocenters. The molecule has 0 saturated carbocycles. The van der Waals surface area contributed by atoms with E-state index in [9.17, 15) is 13.2 Å². The van der Waals surface area contributed by atoms with Crippen LogP contribution >= 0.6 is 0 Å². The van der Waals surface area contributed by atoms with E-state index < -0.39 is 15.8 Å². The number of aryl methyl sites for hydroxylation is 1. The lowest BCUT2D eigenvalue weighted by molar-refractivity contribution is 0.554. The predicted molar refractivity (Wildman–Crippen MR) is 90.6 cm³/mol. The third-order valence-corrected chi connectivity index (χ3v) is 5.22. The number of nitrogens with one attached hydrogen (secondary N) is 2. The van der Waals surface area contributed by atoms with Gasteiger partial charge >= 0.3 is 5.76 Å². The SMILES string of the molecule is Cn1ccc2ccc(NS(=O)(=O)c3ccc4[nH]c(=O)oc4c3)cc21. The van der Waals surface area contributed by atoms with Gasteiger partial charge in [-0.2, -0.15) is 0 Å². The fraction of sp³-hybridized carbons (Fsp3) is 0.0625. The van der Waals surface area contributed by atoms with Crippen molar-refractivity contribution in [2.45, 2.75) is 4.90 Å². The van der Waals surface area contributed by atoms with Crippen LogP contribution in [0.5, 0.6) is 0 Å². The van der Waals surface area contributed by atoms with Crippen molar-refractivity contribution in [1.29, 1.82) is 0 Å². The summed E-state index contributed by atoms with van der Waals surface area (Å²) in [4.78, 5) is 13.7. The van der Waals surface area contributed by atoms with Crippen molar-refractivity contribution < 1.29 is 12.8 Å². The van der Waals surface area contributed by atoms with Crippen LogP contribution in [-0.4, -0.2) is 18.0 Å². The van der Waals surface area contributed by atoms with Crippen LogP contribution in [-0.2, 0) is 17.1 Å². The van der Waals surface area contributed by atoms with Crippen LogP contribution in [0.25, 0.3) is 22.0 Å². The monoisotopic (exact) mass is 343 g/mol. The number of aromatic nitrogens is 2. The Balaban J connectivity index is 1.74. The Labute approximate surface area is 136 Å². The van der Waals surface area contributed by atoms with Gasteiger partial charge in [-0.1, -0.05) is 6.07 Å². The summed E-state index contributed by atoms with van der Waals surface area (Å²) in [5.41, 5.74) is 2.02. The number of fused-ring (bicyclic) bond motifs is 2. The summed E-state index contributed by atoms with van der Waals surface area (Å²) in [6.07, 6.45) is 1.91. The predicted octanol–water partition coefficient (Wildman–Crippen LogP) is 2.41. The van der Waals surface area contributed by atoms with E-state index >= 15 is 0 Å². The number of rotatable bonds is 3. The largest absolute Gasteiger partial charge is 0.417 e. The maximum atomic E-state index is 12.6. The third kappa shape index (κ3) is 2.37. The molecule has 0 fully saturated rings. The van der Waals surface area contributed by atoms with E-state index in [4.69, 9.17) is 4.42 Å². The molecule has 122 valence electrons. The summed E-state index contributed by atoms with van der Waals surface area (Å²) < 4.78 is 34.5. The zero-order valence-electron chi connectivity index (χ0n) is 12.6. The number of oxazole rings is 1. The summed E-state index contributed by atoms with van der Waals surface area (Å²) in [5, 5.41) is 1.02. The highest BCUT2D eigenvalue weighted by Gasteiger charge is 2.16. The lowest BCUT2D eigenvalue weighted by Gasteiger charge is -2.08. The van der Waals surface area contributed by atoms with E-state index in [-0.39, 0.29) is 10.5 Å². The smallest absolute Gasteiger partial charge is 0.408 e. The number of hydrogen-bond acceptors (Lipinski definition) is 4. The zero-order chi connectivity index (χ0) is 16.9. The average Bonchev–Trinajstić information content (AvgIpc) is 3.08. The first-order chi connectivity index (χ1) is 11.4. The maximum absolute atomic E-state index is 12.6. The highest BCUT2D eigenvalue weighted by Crippen LogP contribution is 2.23. The molecule has 0 amide bonds. The van der Waals surface area contributed by atoms with Crippen molar-refractivity contribution in [3.8, 4) is 0 Å². The first-order valence-electron chi connectivity index (χ1n) is 7.13. The average molecular weight is 343 g/mol. The quantitative estimate of drug-likeness (QED) is 0.597. The highest BCUT2D eigenvalue weighted by molar-refractivity contribution is 7.92. The molecule has 0 aliphatic carbocycles. The fourth-order valence-electron chi connectivity index (χ4n) is 2.63. The molecular weight excluding hydrogens is 330 g/mol. The van der Waals surface area contributed by atoms with Crippen LogP contribution in [0.15, 0.2) is 62.8 Å². The lowest BCUT2D eigenvalue weighted by Crippen LogP contribution is -2.12. The van der Waals surface area contributed by atoms with Gasteiger partial charge in [0.15, 0.2) is 5.58 Å². The number of hydrogen-bond donors (Lipinski definition) is 2. The van der Waals surface area contributed by atoms with Crippen LogP contribution in [0, 0.1) is 0 Å². The molecule has 0 aliphatic rings. The Morgan fingerprint density at radius 3 is 2.79 bits per heavy atom. The van der Waals surface area contributed by atoms with Gasteiger partial charge in [-0.25, -0.2) is 13.2 Å². The molecular formula is C16H13N3O4S. The molecule has 2 aromatic carbocycles. The number of aromatic amines is 1. The number of nitrogens with zero attached hydrogens (tertiary/aromatic N) is 1. The van der Waals surface area contributed by atoms with E-state index in [2.05, 4.69) is 9.71 Å². The van der Waals surface area contributed by atoms with E-state index in [1.807, 2.05) is 29.9 Å². The summed E-state index contributed by atoms with van der Waals surface area (Å²) >= 11 is 0. The van der Waals surface area contributed by atoms with Crippen LogP contribution < -0.4 is 10.5 Å². The molecule has 24 heavy (non-hydrogen) atoms. The molecule has 8 heteroatoms. The summed E-state index contributed by atoms with van der Waals surface area (Å²) in [5.74, 6) is -0.623. The molecule has 0 bridgehead atoms. The highest BCUT2D eigenvalue weighted by atomic mass is 32.2. The van der Waals surface area contributed by atoms with E-state index in [1.165, 1.54) is 18.2 Å². The molecule has 7 nitrogen and oxygen atoms in total. The molecule has 0 atom stereocenters. The normalized spacial score (nSPS) is 12.0. The molecule has 2 aromatic heterocycles. The molecule has 4 rings (SSSR count). The molecule has 0 saturated heterocycles. The van der Waals surface area contributed by atoms with Crippen molar-refractivity contribution in [1.82, 2.24) is 9.55 Å². The Bertz CT molecular complexity index is 1230. The van der Waals surface area contributed by atoms with Crippen LogP contribution in [0.1, 0.15) is 0 Å². The minimum absolute atomic E-state index is 0.0183. The van der Waals surface area contributed by atoms with E-state index in [0.29, 0.717) is 11.2 Å². The second-order valence-corrected chi connectivity index (χ2v) is 7.16. The van der Waals surface area contributed by atoms with Gasteiger partial charge in [0.05, 0.1) is 16.1 Å². The van der Waals surface area contributed by atoms with Crippen molar-refractivity contribution in [2.75, 3.05) is 4.72 Å². The van der Waals surface area contributed by atoms with Crippen LogP contribution in [0.3, 0.4) is 0 Å². The Kier molecular flexibility index (Phi) is 3.04. The van der Waals surface area contributed by atoms with Crippen LogP contribution in [0.2, 0.25) is 0 Å². The topological polar surface area (TPSA) is 97.1 Å². The second-order valence-electron chi connectivity index (χ2n) is 5.48. The molecule has 0 spiro atoms. The van der Waals surface area contributed by atoms with E-state index in [0.717, 1.165) is 10.9 Å². The van der Waals surface area contributed by atoms with E-state index in [1.54, 1.807) is 12.1 Å². The summed E-state index contributed by atoms with van der Waals surface area (Å²) in [6.45, 7) is 0. The minimum atomic E-state index is -3.80. The van der Waals surface area contributed by atoms with Crippen molar-refractivity contribution in [2.24, 2.45) is 7.05 Å². The molecule has 0 radical (unpaired) electrons. The molecule has 0 aliphatic heterocycles. The Morgan fingerprint density at radius 1 is 1.12 bits per heavy atom. The fourth-order valence-corrected chi connectivity index (χ4v) is 3.70. The van der Waals surface area contributed by atoms with Gasteiger partial charge in [-0.15, -0.1) is 0 Å². The van der Waals surface area contributed by atoms with Gasteiger partial charge in [0.2, 0.25) is 0 Å². The molecule has 2 N–H and O–H groups in total. The maximum Gasteiger partial charge on any atom is 0.417 e. The van der Waals surface area contributed by atoms with Crippen molar-refractivity contribution in [3.63, 3.8) is 0 Å². The summed E-state index contributed by atoms with van der Waals surface area (Å²) in [7, 11) is -1.90. The lowest BCUT2D eigenvalue weighted by atomic mass is 10.2. The number of anilines is 1. The van der Waals surface area contributed by atoms with Crippen molar-refractivity contribution in [3.05, 3.63) is 59.2 Å². The van der Waals surface area contributed by atoms with Gasteiger partial charge in [0.1, 0.15) is 0 Å². The first-order valence-corrected chi connectivity index (χ1v) is 8.61. The Hall–Kier alpha value is -3.00. The molecule has 4 aromatic rings. The van der Waals surface area contributed by atoms with Crippen molar-refractivity contribution >= 4 is 37.7 Å². The second kappa shape index (κ2) is 5.00. The number of sulfonamides is 1. The Morgan fingerprint density at radius 2 is 1.96 bits per heavy atom. The first kappa shape index (κ1) is 14.6. The minimum Gasteiger partial charge on any atom is -0.408 e. The van der Waals surface area contributed by atoms with Gasteiger partial charge in [-0.05, 0) is 35.7 Å². The molecule has 2 heterocycles. The standard InChI is InChI=1S/C16H13N3O4S/c1-19-7-6-10-2-3-11(8-14(10)19)18-24(21,22)12-4-5-13-15(9-12)23-16(20)17-13/h2-9,18H,1H3,(H,17,20). The zero-order valence-corrected chi connectivity index (χ0v) is 13.4. The van der Waals surface area contributed by atoms with Gasteiger partial charge in [-0.3, -0.25) is 9.71 Å². The van der Waals surface area contributed by atoms with Gasteiger partial charge in [0.25, 0.3) is 10.0 Å². The van der Waals surface area contributed by atoms with Gasteiger partial charge < -0.3 is 8.98 Å². The number of H-pyrrole nitrogens is 1. The summed E-state index contributed by atoms with van der Waals surface area (Å²) in [6, 6.07) is 11.5.